The highest BCUT2D eigenvalue weighted by Gasteiger charge is 2.08. The van der Waals surface area contributed by atoms with E-state index in [4.69, 9.17) is 4.74 Å². The van der Waals surface area contributed by atoms with Gasteiger partial charge in [-0.05, 0) is 13.8 Å². The number of aromatic nitrogens is 3. The fourth-order valence-electron chi connectivity index (χ4n) is 1.38. The van der Waals surface area contributed by atoms with Crippen molar-refractivity contribution in [2.24, 2.45) is 0 Å². The molecular formula is C11H13N3O2S. The summed E-state index contributed by atoms with van der Waals surface area (Å²) in [6, 6.07) is 0. The first kappa shape index (κ1) is 11.8. The third kappa shape index (κ3) is 2.91. The second kappa shape index (κ2) is 5.09. The second-order valence-electron chi connectivity index (χ2n) is 3.55. The van der Waals surface area contributed by atoms with Crippen molar-refractivity contribution >= 4 is 17.3 Å². The molecule has 5 nitrogen and oxygen atoms in total. The van der Waals surface area contributed by atoms with Crippen LogP contribution in [-0.4, -0.2) is 27.3 Å². The second-order valence-corrected chi connectivity index (χ2v) is 4.38. The van der Waals surface area contributed by atoms with Crippen molar-refractivity contribution in [3.63, 3.8) is 0 Å². The number of carbonyl (C=O) groups is 1. The zero-order valence-corrected chi connectivity index (χ0v) is 10.5. The van der Waals surface area contributed by atoms with Gasteiger partial charge in [0.1, 0.15) is 0 Å². The standard InChI is InChI=1S/C11H13N3O2S/c1-3-16-10(15)4-9-5-12-14(6-9)11-13-8(2)7-17-11/h5-7H,3-4H2,1-2H3. The van der Waals surface area contributed by atoms with Crippen LogP contribution in [0.1, 0.15) is 18.2 Å². The molecule has 2 heterocycles. The van der Waals surface area contributed by atoms with E-state index in [0.29, 0.717) is 6.61 Å². The number of ether oxygens (including phenoxy) is 1. The zero-order valence-electron chi connectivity index (χ0n) is 9.71. The first-order valence-electron chi connectivity index (χ1n) is 5.30. The monoisotopic (exact) mass is 251 g/mol. The highest BCUT2D eigenvalue weighted by atomic mass is 32.1. The van der Waals surface area contributed by atoms with Gasteiger partial charge in [-0.15, -0.1) is 11.3 Å². The van der Waals surface area contributed by atoms with E-state index in [1.54, 1.807) is 24.0 Å². The molecular weight excluding hydrogens is 238 g/mol. The van der Waals surface area contributed by atoms with E-state index in [9.17, 15) is 4.79 Å². The van der Waals surface area contributed by atoms with Crippen molar-refractivity contribution in [1.29, 1.82) is 0 Å². The lowest BCUT2D eigenvalue weighted by molar-refractivity contribution is -0.142. The average Bonchev–Trinajstić information content (AvgIpc) is 2.87. The molecule has 0 N–H and O–H groups in total. The Bertz CT molecular complexity index is 518. The minimum Gasteiger partial charge on any atom is -0.466 e. The van der Waals surface area contributed by atoms with Crippen LogP contribution in [0.4, 0.5) is 0 Å². The van der Waals surface area contributed by atoms with Gasteiger partial charge >= 0.3 is 5.97 Å². The Morgan fingerprint density at radius 2 is 2.41 bits per heavy atom. The molecule has 0 bridgehead atoms. The maximum absolute atomic E-state index is 11.3. The van der Waals surface area contributed by atoms with Crippen LogP contribution in [0.2, 0.25) is 0 Å². The summed E-state index contributed by atoms with van der Waals surface area (Å²) in [5, 5.41) is 6.93. The molecule has 0 saturated heterocycles. The summed E-state index contributed by atoms with van der Waals surface area (Å²) < 4.78 is 6.55. The van der Waals surface area contributed by atoms with Crippen molar-refractivity contribution in [3.05, 3.63) is 29.0 Å². The van der Waals surface area contributed by atoms with Crippen LogP contribution in [0.25, 0.3) is 5.13 Å². The Balaban J connectivity index is 2.08. The Morgan fingerprint density at radius 3 is 3.06 bits per heavy atom. The van der Waals surface area contributed by atoms with Gasteiger partial charge < -0.3 is 4.74 Å². The maximum atomic E-state index is 11.3. The van der Waals surface area contributed by atoms with E-state index < -0.39 is 0 Å². The van der Waals surface area contributed by atoms with Crippen molar-refractivity contribution in [2.75, 3.05) is 6.61 Å². The molecule has 0 saturated carbocycles. The van der Waals surface area contributed by atoms with Gasteiger partial charge in [0.25, 0.3) is 0 Å². The van der Waals surface area contributed by atoms with E-state index >= 15 is 0 Å². The number of rotatable bonds is 4. The van der Waals surface area contributed by atoms with E-state index in [0.717, 1.165) is 16.4 Å². The van der Waals surface area contributed by atoms with Gasteiger partial charge in [-0.2, -0.15) is 5.10 Å². The molecule has 0 aliphatic rings. The van der Waals surface area contributed by atoms with Gasteiger partial charge in [0.2, 0.25) is 5.13 Å². The molecule has 0 radical (unpaired) electrons. The van der Waals surface area contributed by atoms with Crippen molar-refractivity contribution in [3.8, 4) is 5.13 Å². The molecule has 0 fully saturated rings. The summed E-state index contributed by atoms with van der Waals surface area (Å²) in [6.07, 6.45) is 3.71. The SMILES string of the molecule is CCOC(=O)Cc1cnn(-c2nc(C)cs2)c1. The molecule has 0 aliphatic carbocycles. The molecule has 17 heavy (non-hydrogen) atoms. The van der Waals surface area contributed by atoms with Crippen LogP contribution in [-0.2, 0) is 16.0 Å². The third-order valence-electron chi connectivity index (χ3n) is 2.09. The number of nitrogens with zero attached hydrogens (tertiary/aromatic N) is 3. The Morgan fingerprint density at radius 1 is 1.59 bits per heavy atom. The van der Waals surface area contributed by atoms with Crippen LogP contribution in [0, 0.1) is 6.92 Å². The zero-order chi connectivity index (χ0) is 12.3. The molecule has 2 aromatic heterocycles. The number of carbonyl (C=O) groups excluding carboxylic acids is 1. The Hall–Kier alpha value is -1.69. The molecule has 0 amide bonds. The first-order chi connectivity index (χ1) is 8.19. The van der Waals surface area contributed by atoms with Gasteiger partial charge in [0.15, 0.2) is 0 Å². The summed E-state index contributed by atoms with van der Waals surface area (Å²) in [4.78, 5) is 15.6. The first-order valence-corrected chi connectivity index (χ1v) is 6.18. The van der Waals surface area contributed by atoms with Gasteiger partial charge in [-0.3, -0.25) is 4.79 Å². The highest BCUT2D eigenvalue weighted by molar-refractivity contribution is 7.12. The minimum atomic E-state index is -0.234. The maximum Gasteiger partial charge on any atom is 0.310 e. The van der Waals surface area contributed by atoms with Crippen LogP contribution >= 0.6 is 11.3 Å². The molecule has 0 aliphatic heterocycles. The van der Waals surface area contributed by atoms with Crippen molar-refractivity contribution in [1.82, 2.24) is 14.8 Å². The van der Waals surface area contributed by atoms with Crippen molar-refractivity contribution in [2.45, 2.75) is 20.3 Å². The Labute approximate surface area is 103 Å². The quantitative estimate of drug-likeness (QED) is 0.777. The average molecular weight is 251 g/mol. The fraction of sp³-hybridized carbons (Fsp3) is 0.364. The predicted molar refractivity (Wildman–Crippen MR) is 64.3 cm³/mol. The van der Waals surface area contributed by atoms with E-state index in [1.807, 2.05) is 12.3 Å². The van der Waals surface area contributed by atoms with Crippen LogP contribution in [0.3, 0.4) is 0 Å². The molecule has 2 rings (SSSR count). The number of esters is 1. The lowest BCUT2D eigenvalue weighted by Gasteiger charge is -1.98. The number of hydrogen-bond donors (Lipinski definition) is 0. The predicted octanol–water partition coefficient (Wildman–Crippen LogP) is 1.74. The summed E-state index contributed by atoms with van der Waals surface area (Å²) >= 11 is 1.52. The Kier molecular flexibility index (Phi) is 3.53. The summed E-state index contributed by atoms with van der Waals surface area (Å²) in [5.41, 5.74) is 1.80. The molecule has 0 atom stereocenters. The molecule has 0 spiro atoms. The molecule has 2 aromatic rings. The summed E-state index contributed by atoms with van der Waals surface area (Å²) in [6.45, 7) is 4.13. The van der Waals surface area contributed by atoms with E-state index in [2.05, 4.69) is 10.1 Å². The third-order valence-corrected chi connectivity index (χ3v) is 3.04. The van der Waals surface area contributed by atoms with E-state index in [-0.39, 0.29) is 12.4 Å². The molecule has 6 heteroatoms. The largest absolute Gasteiger partial charge is 0.466 e. The molecule has 90 valence electrons. The number of hydrogen-bond acceptors (Lipinski definition) is 5. The summed E-state index contributed by atoms with van der Waals surface area (Å²) in [7, 11) is 0. The van der Waals surface area contributed by atoms with Gasteiger partial charge in [-0.25, -0.2) is 9.67 Å². The molecule has 0 aromatic carbocycles. The normalized spacial score (nSPS) is 10.5. The summed E-state index contributed by atoms with van der Waals surface area (Å²) in [5.74, 6) is -0.234. The van der Waals surface area contributed by atoms with Crippen molar-refractivity contribution < 1.29 is 9.53 Å². The number of aryl methyl sites for hydroxylation is 1. The fourth-order valence-corrected chi connectivity index (χ4v) is 2.11. The van der Waals surface area contributed by atoms with Gasteiger partial charge in [0.05, 0.1) is 24.9 Å². The van der Waals surface area contributed by atoms with Gasteiger partial charge in [0, 0.05) is 17.1 Å². The lowest BCUT2D eigenvalue weighted by atomic mass is 10.3. The van der Waals surface area contributed by atoms with Gasteiger partial charge in [-0.1, -0.05) is 0 Å². The molecule has 0 unspecified atom stereocenters. The van der Waals surface area contributed by atoms with Crippen LogP contribution in [0.5, 0.6) is 0 Å². The smallest absolute Gasteiger partial charge is 0.310 e. The lowest BCUT2D eigenvalue weighted by Crippen LogP contribution is -2.06. The van der Waals surface area contributed by atoms with Crippen LogP contribution < -0.4 is 0 Å². The minimum absolute atomic E-state index is 0.234. The van der Waals surface area contributed by atoms with Crippen LogP contribution in [0.15, 0.2) is 17.8 Å². The highest BCUT2D eigenvalue weighted by Crippen LogP contribution is 2.14. The topological polar surface area (TPSA) is 57.0 Å². The van der Waals surface area contributed by atoms with E-state index in [1.165, 1.54) is 11.3 Å². The number of thiazole rings is 1.